The van der Waals surface area contributed by atoms with Gasteiger partial charge < -0.3 is 21.3 Å². The summed E-state index contributed by atoms with van der Waals surface area (Å²) in [4.78, 5) is 28.0. The van der Waals surface area contributed by atoms with Crippen LogP contribution in [-0.4, -0.2) is 70.1 Å². The van der Waals surface area contributed by atoms with Crippen molar-refractivity contribution in [3.05, 3.63) is 38.5 Å². The summed E-state index contributed by atoms with van der Waals surface area (Å²) in [5.41, 5.74) is 6.54. The second-order valence-corrected chi connectivity index (χ2v) is 12.4. The second-order valence-electron chi connectivity index (χ2n) is 10.5. The molecule has 4 N–H and O–H groups in total. The zero-order valence-electron chi connectivity index (χ0n) is 20.8. The van der Waals surface area contributed by atoms with Crippen LogP contribution >= 0.6 is 34.5 Å². The number of carbonyl (C=O) groups excluding carboxylic acids is 1. The number of amides is 2. The zero-order valence-corrected chi connectivity index (χ0v) is 23.2. The molecule has 1 saturated heterocycles. The van der Waals surface area contributed by atoms with Crippen molar-refractivity contribution in [2.45, 2.75) is 69.6 Å². The first-order valence-corrected chi connectivity index (χ1v) is 14.4. The minimum Gasteiger partial charge on any atom is -0.325 e. The van der Waals surface area contributed by atoms with Crippen LogP contribution in [0.3, 0.4) is 0 Å². The molecule has 0 spiro atoms. The molecule has 2 aromatic heterocycles. The van der Waals surface area contributed by atoms with Crippen molar-refractivity contribution in [3.8, 4) is 0 Å². The van der Waals surface area contributed by atoms with Gasteiger partial charge in [-0.1, -0.05) is 23.2 Å². The summed E-state index contributed by atoms with van der Waals surface area (Å²) in [6, 6.07) is 4.34. The van der Waals surface area contributed by atoms with Gasteiger partial charge in [0.1, 0.15) is 15.3 Å². The normalized spacial score (nSPS) is 29.7. The third-order valence-electron chi connectivity index (χ3n) is 8.12. The van der Waals surface area contributed by atoms with E-state index in [9.17, 15) is 4.79 Å². The Morgan fingerprint density at radius 2 is 2.14 bits per heavy atom. The van der Waals surface area contributed by atoms with Crippen LogP contribution in [0.2, 0.25) is 10.3 Å². The number of aromatic nitrogens is 2. The van der Waals surface area contributed by atoms with Crippen LogP contribution in [0.1, 0.15) is 49.4 Å². The fourth-order valence-corrected chi connectivity index (χ4v) is 7.70. The number of anilines is 1. The van der Waals surface area contributed by atoms with Crippen molar-refractivity contribution in [3.63, 3.8) is 0 Å². The van der Waals surface area contributed by atoms with Gasteiger partial charge in [-0.2, -0.15) is 0 Å². The lowest BCUT2D eigenvalue weighted by Gasteiger charge is -2.38. The molecule has 2 aromatic rings. The monoisotopic (exact) mass is 551 g/mol. The number of urea groups is 1. The predicted molar refractivity (Wildman–Crippen MR) is 146 cm³/mol. The largest absolute Gasteiger partial charge is 0.325 e. The van der Waals surface area contributed by atoms with Crippen LogP contribution in [0.5, 0.6) is 0 Å². The number of thiazole rings is 1. The number of nitrogens with two attached hydrogens (primary N) is 1. The first kappa shape index (κ1) is 26.1. The van der Waals surface area contributed by atoms with Crippen LogP contribution in [0, 0.1) is 5.92 Å². The Bertz CT molecular complexity index is 1080. The van der Waals surface area contributed by atoms with Gasteiger partial charge in [0, 0.05) is 73.0 Å². The highest BCUT2D eigenvalue weighted by Crippen LogP contribution is 2.66. The Hall–Kier alpha value is -1.49. The predicted octanol–water partition coefficient (Wildman–Crippen LogP) is 4.33. The van der Waals surface area contributed by atoms with Gasteiger partial charge in [-0.15, -0.1) is 11.3 Å². The van der Waals surface area contributed by atoms with Crippen LogP contribution in [0.25, 0.3) is 0 Å². The molecule has 1 aliphatic heterocycles. The average Bonchev–Trinajstić information content (AvgIpc) is 3.18. The molecule has 3 fully saturated rings. The van der Waals surface area contributed by atoms with E-state index in [-0.39, 0.29) is 27.8 Å². The molecule has 36 heavy (non-hydrogen) atoms. The molecule has 8 nitrogen and oxygen atoms in total. The van der Waals surface area contributed by atoms with E-state index in [1.54, 1.807) is 23.5 Å². The van der Waals surface area contributed by atoms with E-state index in [1.165, 1.54) is 4.88 Å². The first-order chi connectivity index (χ1) is 17.3. The van der Waals surface area contributed by atoms with Crippen molar-refractivity contribution >= 4 is 46.3 Å². The average molecular weight is 553 g/mol. The van der Waals surface area contributed by atoms with E-state index in [4.69, 9.17) is 28.9 Å². The Labute approximate surface area is 226 Å². The number of nitrogens with zero attached hydrogens (tertiary/aromatic N) is 4. The molecule has 3 aliphatic rings. The number of piperazine rings is 1. The molecule has 0 aromatic carbocycles. The summed E-state index contributed by atoms with van der Waals surface area (Å²) >= 11 is 13.9. The fraction of sp³-hybridized carbons (Fsp3) is 0.640. The third kappa shape index (κ3) is 5.37. The van der Waals surface area contributed by atoms with Gasteiger partial charge in [0.25, 0.3) is 0 Å². The molecule has 2 aliphatic carbocycles. The van der Waals surface area contributed by atoms with Crippen molar-refractivity contribution in [2.75, 3.05) is 31.5 Å². The number of fused-ring (bicyclic) bond motifs is 1. The number of halogens is 2. The Kier molecular flexibility index (Phi) is 7.77. The van der Waals surface area contributed by atoms with Gasteiger partial charge in [0.05, 0.1) is 0 Å². The lowest BCUT2D eigenvalue weighted by Crippen LogP contribution is -2.54. The van der Waals surface area contributed by atoms with E-state index in [0.29, 0.717) is 36.8 Å². The summed E-state index contributed by atoms with van der Waals surface area (Å²) in [5.74, 6) is 0.456. The number of hydrogen-bond donors (Lipinski definition) is 3. The summed E-state index contributed by atoms with van der Waals surface area (Å²) in [5, 5.41) is 8.08. The van der Waals surface area contributed by atoms with E-state index in [2.05, 4.69) is 44.2 Å². The summed E-state index contributed by atoms with van der Waals surface area (Å²) in [6.07, 6.45) is 6.11. The van der Waals surface area contributed by atoms with Crippen LogP contribution in [0.4, 0.5) is 10.5 Å². The van der Waals surface area contributed by atoms with E-state index in [0.717, 1.165) is 50.3 Å². The van der Waals surface area contributed by atoms with Crippen LogP contribution < -0.4 is 16.4 Å². The fourth-order valence-electron chi connectivity index (χ4n) is 6.15. The minimum absolute atomic E-state index is 0.102. The van der Waals surface area contributed by atoms with E-state index < -0.39 is 0 Å². The van der Waals surface area contributed by atoms with Gasteiger partial charge in [0.2, 0.25) is 0 Å². The third-order valence-corrected chi connectivity index (χ3v) is 9.74. The molecule has 0 unspecified atom stereocenters. The van der Waals surface area contributed by atoms with Crippen molar-refractivity contribution in [1.82, 2.24) is 25.1 Å². The smallest absolute Gasteiger partial charge is 0.322 e. The second kappa shape index (κ2) is 10.7. The molecule has 11 heteroatoms. The maximum absolute atomic E-state index is 13.6. The molecular formula is C25H35Cl2N7OS. The highest BCUT2D eigenvalue weighted by molar-refractivity contribution is 7.11. The lowest BCUT2D eigenvalue weighted by atomic mass is 10.0. The molecule has 0 bridgehead atoms. The first-order valence-electron chi connectivity index (χ1n) is 12.8. The molecule has 196 valence electrons. The standard InChI is InChI=1S/C25H35Cl2N7OS/c1-15-14-33(16(2)12-29-15)6-3-7-34(24(35)31-17-8-21(26)32-22(27)9-17)19-4-5-25(10-18(19)25)20-13-30-23(11-28)36-20/h8-9,13,15-16,18-19,29H,3-7,10-12,14,28H2,1-2H3,(H,31,32,35)/t15-,16+,18+,19+,25-/m1/s1. The topological polar surface area (TPSA) is 99.4 Å². The van der Waals surface area contributed by atoms with Gasteiger partial charge >= 0.3 is 6.03 Å². The molecular weight excluding hydrogens is 517 g/mol. The Balaban J connectivity index is 1.30. The molecule has 5 atom stereocenters. The summed E-state index contributed by atoms with van der Waals surface area (Å²) in [7, 11) is 0. The van der Waals surface area contributed by atoms with Crippen molar-refractivity contribution in [1.29, 1.82) is 0 Å². The van der Waals surface area contributed by atoms with Gasteiger partial charge in [-0.3, -0.25) is 4.90 Å². The highest BCUT2D eigenvalue weighted by Gasteiger charge is 2.64. The number of carbonyl (C=O) groups is 1. The van der Waals surface area contributed by atoms with Gasteiger partial charge in [0.15, 0.2) is 0 Å². The maximum atomic E-state index is 13.6. The number of nitrogens with one attached hydrogen (secondary N) is 2. The van der Waals surface area contributed by atoms with Gasteiger partial charge in [-0.05, 0) is 57.6 Å². The van der Waals surface area contributed by atoms with Crippen molar-refractivity contribution < 1.29 is 4.79 Å². The van der Waals surface area contributed by atoms with Gasteiger partial charge in [-0.25, -0.2) is 14.8 Å². The molecule has 2 amide bonds. The number of pyridine rings is 1. The number of rotatable bonds is 8. The lowest BCUT2D eigenvalue weighted by molar-refractivity contribution is 0.132. The Morgan fingerprint density at radius 3 is 2.83 bits per heavy atom. The molecule has 0 radical (unpaired) electrons. The SMILES string of the molecule is C[C@@H]1CN(CCCN(C(=O)Nc2cc(Cl)nc(Cl)c2)[C@H]2CC[C@@]3(c4cnc(CN)s4)C[C@@H]23)[C@@H](C)CN1. The highest BCUT2D eigenvalue weighted by atomic mass is 35.5. The van der Waals surface area contributed by atoms with E-state index in [1.807, 2.05) is 6.20 Å². The van der Waals surface area contributed by atoms with Crippen molar-refractivity contribution in [2.24, 2.45) is 11.7 Å². The molecule has 2 saturated carbocycles. The molecule has 5 rings (SSSR count). The zero-order chi connectivity index (χ0) is 25.4. The van der Waals surface area contributed by atoms with E-state index >= 15 is 0 Å². The Morgan fingerprint density at radius 1 is 1.36 bits per heavy atom. The minimum atomic E-state index is -0.102. The summed E-state index contributed by atoms with van der Waals surface area (Å²) < 4.78 is 0. The van der Waals surface area contributed by atoms with Crippen LogP contribution in [-0.2, 0) is 12.0 Å². The quantitative estimate of drug-likeness (QED) is 0.422. The maximum Gasteiger partial charge on any atom is 0.322 e. The molecule has 3 heterocycles. The van der Waals surface area contributed by atoms with Crippen LogP contribution in [0.15, 0.2) is 18.3 Å². The number of hydrogen-bond acceptors (Lipinski definition) is 7. The summed E-state index contributed by atoms with van der Waals surface area (Å²) in [6.45, 7) is 8.68.